The van der Waals surface area contributed by atoms with Gasteiger partial charge in [0.1, 0.15) is 11.6 Å². The third kappa shape index (κ3) is 3.43. The molecule has 4 heterocycles. The van der Waals surface area contributed by atoms with Crippen molar-refractivity contribution in [2.24, 2.45) is 0 Å². The largest absolute Gasteiger partial charge is 0.440 e. The number of hydrogen-bond acceptors (Lipinski definition) is 7. The summed E-state index contributed by atoms with van der Waals surface area (Å²) in [6.07, 6.45) is 5.28. The van der Waals surface area contributed by atoms with Crippen LogP contribution in [0.1, 0.15) is 17.0 Å². The van der Waals surface area contributed by atoms with Crippen LogP contribution in [0.5, 0.6) is 0 Å². The van der Waals surface area contributed by atoms with Crippen molar-refractivity contribution in [3.8, 4) is 10.8 Å². The van der Waals surface area contributed by atoms with Gasteiger partial charge in [0.05, 0.1) is 16.8 Å². The highest BCUT2D eigenvalue weighted by atomic mass is 32.1. The van der Waals surface area contributed by atoms with Gasteiger partial charge in [0.15, 0.2) is 0 Å². The third-order valence-electron chi connectivity index (χ3n) is 4.57. The van der Waals surface area contributed by atoms with E-state index >= 15 is 0 Å². The maximum atomic E-state index is 5.92. The summed E-state index contributed by atoms with van der Waals surface area (Å²) in [5.41, 5.74) is 2.26. The first kappa shape index (κ1) is 16.2. The minimum absolute atomic E-state index is 0.748. The molecule has 130 valence electrons. The summed E-state index contributed by atoms with van der Waals surface area (Å²) < 4.78 is 5.92. The molecule has 0 radical (unpaired) electrons. The van der Waals surface area contributed by atoms with Gasteiger partial charge in [0.25, 0.3) is 0 Å². The van der Waals surface area contributed by atoms with Crippen LogP contribution in [0.3, 0.4) is 0 Å². The lowest BCUT2D eigenvalue weighted by molar-refractivity contribution is 0.245. The van der Waals surface area contributed by atoms with Gasteiger partial charge in [-0.1, -0.05) is 0 Å². The van der Waals surface area contributed by atoms with Crippen LogP contribution in [-0.4, -0.2) is 46.0 Å². The molecule has 0 saturated carbocycles. The molecular weight excluding hydrogens is 334 g/mol. The molecule has 0 unspecified atom stereocenters. The molecule has 3 aromatic heterocycles. The van der Waals surface area contributed by atoms with Crippen molar-refractivity contribution in [3.05, 3.63) is 47.1 Å². The lowest BCUT2D eigenvalue weighted by Gasteiger charge is -2.34. The molecule has 0 amide bonds. The summed E-state index contributed by atoms with van der Waals surface area (Å²) in [6, 6.07) is 2.10. The standard InChI is InChI=1S/C18H21N5OS/c1-13-3-10-25-17(13)18-21-15(14(2)24-18)12-22-6-8-23(9-7-22)16-11-19-4-5-20-16/h3-5,10-11H,6-9,12H2,1-2H3. The van der Waals surface area contributed by atoms with Gasteiger partial charge in [-0.15, -0.1) is 11.3 Å². The van der Waals surface area contributed by atoms with Gasteiger partial charge in [-0.05, 0) is 30.9 Å². The first-order valence-electron chi connectivity index (χ1n) is 8.45. The average molecular weight is 355 g/mol. The fourth-order valence-corrected chi connectivity index (χ4v) is 3.92. The van der Waals surface area contributed by atoms with Crippen LogP contribution in [-0.2, 0) is 6.54 Å². The number of anilines is 1. The van der Waals surface area contributed by atoms with Gasteiger partial charge in [-0.3, -0.25) is 9.88 Å². The number of hydrogen-bond donors (Lipinski definition) is 0. The van der Waals surface area contributed by atoms with Crippen molar-refractivity contribution >= 4 is 17.2 Å². The second-order valence-corrected chi connectivity index (χ2v) is 7.20. The summed E-state index contributed by atoms with van der Waals surface area (Å²) in [5.74, 6) is 2.62. The van der Waals surface area contributed by atoms with Crippen LogP contribution < -0.4 is 4.90 Å². The molecule has 25 heavy (non-hydrogen) atoms. The molecule has 1 aliphatic heterocycles. The van der Waals surface area contributed by atoms with Gasteiger partial charge in [0, 0.05) is 45.1 Å². The smallest absolute Gasteiger partial charge is 0.237 e. The van der Waals surface area contributed by atoms with E-state index in [-0.39, 0.29) is 0 Å². The Labute approximate surface area is 151 Å². The highest BCUT2D eigenvalue weighted by molar-refractivity contribution is 7.13. The molecule has 3 aromatic rings. The van der Waals surface area contributed by atoms with E-state index in [0.29, 0.717) is 0 Å². The molecule has 1 aliphatic rings. The van der Waals surface area contributed by atoms with E-state index in [1.165, 1.54) is 5.56 Å². The summed E-state index contributed by atoms with van der Waals surface area (Å²) >= 11 is 1.68. The number of rotatable bonds is 4. The predicted molar refractivity (Wildman–Crippen MR) is 98.8 cm³/mol. The Morgan fingerprint density at radius 2 is 2.00 bits per heavy atom. The number of oxazole rings is 1. The molecule has 0 atom stereocenters. The van der Waals surface area contributed by atoms with Gasteiger partial charge in [0.2, 0.25) is 5.89 Å². The minimum Gasteiger partial charge on any atom is -0.440 e. The SMILES string of the molecule is Cc1ccsc1-c1nc(CN2CCN(c3cnccn3)CC2)c(C)o1. The Kier molecular flexibility index (Phi) is 4.50. The molecule has 1 fully saturated rings. The van der Waals surface area contributed by atoms with E-state index in [4.69, 9.17) is 9.40 Å². The lowest BCUT2D eigenvalue weighted by atomic mass is 10.2. The summed E-state index contributed by atoms with van der Waals surface area (Å²) in [5, 5.41) is 2.08. The molecule has 4 rings (SSSR count). The second kappa shape index (κ2) is 6.93. The van der Waals surface area contributed by atoms with E-state index in [2.05, 4.69) is 38.1 Å². The number of nitrogens with zero attached hydrogens (tertiary/aromatic N) is 5. The molecular formula is C18H21N5OS. The number of piperazine rings is 1. The van der Waals surface area contributed by atoms with Gasteiger partial charge in [-0.25, -0.2) is 9.97 Å². The highest BCUT2D eigenvalue weighted by Gasteiger charge is 2.21. The third-order valence-corrected chi connectivity index (χ3v) is 5.57. The van der Waals surface area contributed by atoms with Gasteiger partial charge >= 0.3 is 0 Å². The van der Waals surface area contributed by atoms with Crippen molar-refractivity contribution in [3.63, 3.8) is 0 Å². The topological polar surface area (TPSA) is 58.3 Å². The molecule has 0 aromatic carbocycles. The van der Waals surface area contributed by atoms with E-state index in [1.54, 1.807) is 23.7 Å². The average Bonchev–Trinajstić information content (AvgIpc) is 3.22. The molecule has 0 aliphatic carbocycles. The van der Waals surface area contributed by atoms with Crippen LogP contribution in [0.15, 0.2) is 34.5 Å². The normalized spacial score (nSPS) is 15.7. The van der Waals surface area contributed by atoms with Gasteiger partial charge < -0.3 is 9.32 Å². The van der Waals surface area contributed by atoms with E-state index < -0.39 is 0 Å². The molecule has 1 saturated heterocycles. The van der Waals surface area contributed by atoms with Crippen LogP contribution >= 0.6 is 11.3 Å². The lowest BCUT2D eigenvalue weighted by Crippen LogP contribution is -2.46. The number of thiophene rings is 1. The zero-order valence-electron chi connectivity index (χ0n) is 14.5. The van der Waals surface area contributed by atoms with Crippen molar-refractivity contribution in [2.45, 2.75) is 20.4 Å². The second-order valence-electron chi connectivity index (χ2n) is 6.28. The van der Waals surface area contributed by atoms with Crippen LogP contribution in [0.4, 0.5) is 5.82 Å². The number of aromatic nitrogens is 3. The first-order chi connectivity index (χ1) is 12.2. The van der Waals surface area contributed by atoms with E-state index in [1.807, 2.05) is 13.1 Å². The molecule has 7 heteroatoms. The molecule has 0 bridgehead atoms. The predicted octanol–water partition coefficient (Wildman–Crippen LogP) is 3.13. The first-order valence-corrected chi connectivity index (χ1v) is 9.33. The molecule has 6 nitrogen and oxygen atoms in total. The van der Waals surface area contributed by atoms with Crippen molar-refractivity contribution in [2.75, 3.05) is 31.1 Å². The monoisotopic (exact) mass is 355 g/mol. The molecule has 0 N–H and O–H groups in total. The summed E-state index contributed by atoms with van der Waals surface area (Å²) in [4.78, 5) is 19.1. The molecule has 0 spiro atoms. The Morgan fingerprint density at radius 3 is 2.68 bits per heavy atom. The van der Waals surface area contributed by atoms with E-state index in [0.717, 1.165) is 60.8 Å². The summed E-state index contributed by atoms with van der Waals surface area (Å²) in [7, 11) is 0. The van der Waals surface area contributed by atoms with Crippen LogP contribution in [0.2, 0.25) is 0 Å². The zero-order chi connectivity index (χ0) is 17.2. The van der Waals surface area contributed by atoms with Crippen LogP contribution in [0, 0.1) is 13.8 Å². The Morgan fingerprint density at radius 1 is 1.16 bits per heavy atom. The fourth-order valence-electron chi connectivity index (χ4n) is 3.07. The van der Waals surface area contributed by atoms with Crippen molar-refractivity contribution < 1.29 is 4.42 Å². The minimum atomic E-state index is 0.748. The maximum Gasteiger partial charge on any atom is 0.237 e. The highest BCUT2D eigenvalue weighted by Crippen LogP contribution is 2.30. The quantitative estimate of drug-likeness (QED) is 0.717. The fraction of sp³-hybridized carbons (Fsp3) is 0.389. The van der Waals surface area contributed by atoms with Crippen molar-refractivity contribution in [1.82, 2.24) is 19.9 Å². The number of aryl methyl sites for hydroxylation is 2. The summed E-state index contributed by atoms with van der Waals surface area (Å²) in [6.45, 7) is 8.79. The Bertz CT molecular complexity index is 836. The van der Waals surface area contributed by atoms with Gasteiger partial charge in [-0.2, -0.15) is 0 Å². The van der Waals surface area contributed by atoms with Crippen LogP contribution in [0.25, 0.3) is 10.8 Å². The van der Waals surface area contributed by atoms with Crippen molar-refractivity contribution in [1.29, 1.82) is 0 Å². The Balaban J connectivity index is 1.41. The van der Waals surface area contributed by atoms with E-state index in [9.17, 15) is 0 Å². The Hall–Kier alpha value is -2.25. The zero-order valence-corrected chi connectivity index (χ0v) is 15.3. The maximum absolute atomic E-state index is 5.92.